The lowest BCUT2D eigenvalue weighted by molar-refractivity contribution is 0.189. The van der Waals surface area contributed by atoms with Crippen molar-refractivity contribution in [3.05, 3.63) is 24.3 Å². The molecule has 0 amide bonds. The summed E-state index contributed by atoms with van der Waals surface area (Å²) in [4.78, 5) is 0.182. The molecule has 16 heavy (non-hydrogen) atoms. The molecule has 0 radical (unpaired) electrons. The van der Waals surface area contributed by atoms with Crippen molar-refractivity contribution in [1.29, 1.82) is 0 Å². The fraction of sp³-hybridized carbons (Fsp3) is 0.400. The number of nitrogens with two attached hydrogens (primary N) is 1. The monoisotopic (exact) mass is 242 g/mol. The van der Waals surface area contributed by atoms with Crippen molar-refractivity contribution in [3.8, 4) is 0 Å². The number of sulfonamides is 1. The highest BCUT2D eigenvalue weighted by Crippen LogP contribution is 2.22. The van der Waals surface area contributed by atoms with Crippen LogP contribution >= 0.6 is 0 Å². The molecule has 0 aliphatic carbocycles. The van der Waals surface area contributed by atoms with Crippen LogP contribution in [0.3, 0.4) is 0 Å². The maximum absolute atomic E-state index is 12.1. The van der Waals surface area contributed by atoms with Gasteiger partial charge in [-0.25, -0.2) is 8.42 Å². The zero-order chi connectivity index (χ0) is 11.8. The van der Waals surface area contributed by atoms with E-state index in [0.717, 1.165) is 0 Å². The van der Waals surface area contributed by atoms with Crippen LogP contribution in [0.2, 0.25) is 0 Å². The summed E-state index contributed by atoms with van der Waals surface area (Å²) < 4.78 is 25.5. The van der Waals surface area contributed by atoms with Gasteiger partial charge in [0.1, 0.15) is 0 Å². The van der Waals surface area contributed by atoms with Crippen LogP contribution in [-0.2, 0) is 10.0 Å². The van der Waals surface area contributed by atoms with Crippen molar-refractivity contribution >= 4 is 15.7 Å². The summed E-state index contributed by atoms with van der Waals surface area (Å²) in [6.45, 7) is 0.523. The van der Waals surface area contributed by atoms with Crippen LogP contribution in [-0.4, -0.2) is 37.0 Å². The zero-order valence-corrected chi connectivity index (χ0v) is 9.52. The van der Waals surface area contributed by atoms with Crippen LogP contribution in [0.1, 0.15) is 6.42 Å². The Morgan fingerprint density at radius 1 is 1.44 bits per heavy atom. The first kappa shape index (κ1) is 11.4. The molecule has 2 rings (SSSR count). The summed E-state index contributed by atoms with van der Waals surface area (Å²) in [5.41, 5.74) is 5.97. The first-order chi connectivity index (χ1) is 7.50. The lowest BCUT2D eigenvalue weighted by Crippen LogP contribution is -2.29. The topological polar surface area (TPSA) is 83.6 Å². The summed E-state index contributed by atoms with van der Waals surface area (Å²) in [5, 5.41) is 9.33. The fourth-order valence-corrected chi connectivity index (χ4v) is 3.30. The van der Waals surface area contributed by atoms with E-state index in [1.54, 1.807) is 12.1 Å². The molecule has 5 nitrogen and oxygen atoms in total. The Morgan fingerprint density at radius 2 is 2.19 bits per heavy atom. The number of β-amino-alcohol motifs (C(OH)–C–C–N with tert-alkyl or cyclic N) is 1. The van der Waals surface area contributed by atoms with E-state index < -0.39 is 16.1 Å². The number of anilines is 1. The third-order valence-electron chi connectivity index (χ3n) is 2.62. The van der Waals surface area contributed by atoms with Gasteiger partial charge in [-0.2, -0.15) is 4.31 Å². The summed E-state index contributed by atoms with van der Waals surface area (Å²) in [6, 6.07) is 6.18. The van der Waals surface area contributed by atoms with Crippen LogP contribution in [0, 0.1) is 0 Å². The predicted octanol–water partition coefficient (Wildman–Crippen LogP) is 0.0241. The molecule has 88 valence electrons. The third-order valence-corrected chi connectivity index (χ3v) is 4.48. The molecule has 3 N–H and O–H groups in total. The molecule has 1 heterocycles. The second kappa shape index (κ2) is 4.04. The lowest BCUT2D eigenvalue weighted by atomic mass is 10.3. The minimum Gasteiger partial charge on any atom is -0.399 e. The van der Waals surface area contributed by atoms with E-state index in [1.807, 2.05) is 0 Å². The molecule has 0 saturated carbocycles. The molecule has 0 spiro atoms. The molecule has 1 fully saturated rings. The molecular weight excluding hydrogens is 228 g/mol. The van der Waals surface area contributed by atoms with Gasteiger partial charge >= 0.3 is 0 Å². The highest BCUT2D eigenvalue weighted by molar-refractivity contribution is 7.89. The Bertz CT molecular complexity index is 487. The van der Waals surface area contributed by atoms with E-state index in [2.05, 4.69) is 0 Å². The first-order valence-corrected chi connectivity index (χ1v) is 6.48. The molecule has 1 saturated heterocycles. The summed E-state index contributed by atoms with van der Waals surface area (Å²) >= 11 is 0. The predicted molar refractivity (Wildman–Crippen MR) is 60.2 cm³/mol. The Kier molecular flexibility index (Phi) is 2.88. The Labute approximate surface area is 94.5 Å². The number of rotatable bonds is 2. The highest BCUT2D eigenvalue weighted by atomic mass is 32.2. The van der Waals surface area contributed by atoms with Gasteiger partial charge in [0.05, 0.1) is 11.0 Å². The molecule has 6 heteroatoms. The van der Waals surface area contributed by atoms with Crippen LogP contribution in [0.25, 0.3) is 0 Å². The number of aliphatic hydroxyl groups excluding tert-OH is 1. The van der Waals surface area contributed by atoms with Crippen molar-refractivity contribution in [1.82, 2.24) is 4.31 Å². The van der Waals surface area contributed by atoms with Crippen molar-refractivity contribution in [2.75, 3.05) is 18.8 Å². The first-order valence-electron chi connectivity index (χ1n) is 5.04. The van der Waals surface area contributed by atoms with Crippen molar-refractivity contribution in [2.45, 2.75) is 17.4 Å². The van der Waals surface area contributed by atoms with E-state index in [-0.39, 0.29) is 11.4 Å². The number of benzene rings is 1. The quantitative estimate of drug-likeness (QED) is 0.716. The van der Waals surface area contributed by atoms with Crippen molar-refractivity contribution in [2.24, 2.45) is 0 Å². The fourth-order valence-electron chi connectivity index (χ4n) is 1.75. The van der Waals surface area contributed by atoms with E-state index in [1.165, 1.54) is 16.4 Å². The molecule has 1 aliphatic heterocycles. The van der Waals surface area contributed by atoms with Gasteiger partial charge in [0, 0.05) is 18.8 Å². The van der Waals surface area contributed by atoms with E-state index in [0.29, 0.717) is 18.7 Å². The minimum absolute atomic E-state index is 0.164. The molecule has 1 aliphatic rings. The molecular formula is C10H14N2O3S. The minimum atomic E-state index is -3.50. The standard InChI is InChI=1S/C10H14N2O3S/c11-8-2-1-3-10(6-8)16(14,15)12-5-4-9(13)7-12/h1-3,6,9,13H,4-5,7,11H2/t9-/m0/s1. The SMILES string of the molecule is Nc1cccc(S(=O)(=O)N2CC[C@H](O)C2)c1. The summed E-state index contributed by atoms with van der Waals surface area (Å²) in [5.74, 6) is 0. The zero-order valence-electron chi connectivity index (χ0n) is 8.70. The molecule has 1 atom stereocenters. The van der Waals surface area contributed by atoms with Gasteiger partial charge in [-0.15, -0.1) is 0 Å². The van der Waals surface area contributed by atoms with Gasteiger partial charge in [-0.05, 0) is 24.6 Å². The number of nitrogen functional groups attached to an aromatic ring is 1. The van der Waals surface area contributed by atoms with Gasteiger partial charge in [-0.1, -0.05) is 6.07 Å². The largest absolute Gasteiger partial charge is 0.399 e. The average Bonchev–Trinajstić information content (AvgIpc) is 2.65. The second-order valence-electron chi connectivity index (χ2n) is 3.88. The molecule has 0 unspecified atom stereocenters. The van der Waals surface area contributed by atoms with E-state index in [4.69, 9.17) is 5.73 Å². The van der Waals surface area contributed by atoms with Gasteiger partial charge in [0.15, 0.2) is 0 Å². The Morgan fingerprint density at radius 3 is 2.75 bits per heavy atom. The summed E-state index contributed by atoms with van der Waals surface area (Å²) in [7, 11) is -3.50. The van der Waals surface area contributed by atoms with E-state index in [9.17, 15) is 13.5 Å². The van der Waals surface area contributed by atoms with Crippen molar-refractivity contribution in [3.63, 3.8) is 0 Å². The van der Waals surface area contributed by atoms with Crippen LogP contribution in [0.5, 0.6) is 0 Å². The molecule has 0 bridgehead atoms. The van der Waals surface area contributed by atoms with Gasteiger partial charge in [0.2, 0.25) is 10.0 Å². The van der Waals surface area contributed by atoms with Crippen LogP contribution in [0.4, 0.5) is 5.69 Å². The normalized spacial score (nSPS) is 22.4. The smallest absolute Gasteiger partial charge is 0.243 e. The third kappa shape index (κ3) is 2.04. The molecule has 0 aromatic heterocycles. The molecule has 1 aromatic carbocycles. The maximum Gasteiger partial charge on any atom is 0.243 e. The van der Waals surface area contributed by atoms with Crippen molar-refractivity contribution < 1.29 is 13.5 Å². The second-order valence-corrected chi connectivity index (χ2v) is 5.82. The van der Waals surface area contributed by atoms with Crippen LogP contribution < -0.4 is 5.73 Å². The number of aliphatic hydroxyl groups is 1. The number of hydrogen-bond donors (Lipinski definition) is 2. The Balaban J connectivity index is 2.32. The average molecular weight is 242 g/mol. The number of hydrogen-bond acceptors (Lipinski definition) is 4. The Hall–Kier alpha value is -1.11. The molecule has 1 aromatic rings. The van der Waals surface area contributed by atoms with Gasteiger partial charge < -0.3 is 10.8 Å². The van der Waals surface area contributed by atoms with Crippen LogP contribution in [0.15, 0.2) is 29.2 Å². The maximum atomic E-state index is 12.1. The lowest BCUT2D eigenvalue weighted by Gasteiger charge is -2.15. The van der Waals surface area contributed by atoms with Gasteiger partial charge in [0.25, 0.3) is 0 Å². The highest BCUT2D eigenvalue weighted by Gasteiger charge is 2.31. The van der Waals surface area contributed by atoms with E-state index >= 15 is 0 Å². The van der Waals surface area contributed by atoms with Gasteiger partial charge in [-0.3, -0.25) is 0 Å². The number of nitrogens with zero attached hydrogens (tertiary/aromatic N) is 1. The summed E-state index contributed by atoms with van der Waals surface area (Å²) in [6.07, 6.45) is -0.0718.